The number of amides is 2. The molecule has 0 spiro atoms. The molecule has 0 unspecified atom stereocenters. The van der Waals surface area contributed by atoms with E-state index in [4.69, 9.17) is 0 Å². The predicted octanol–water partition coefficient (Wildman–Crippen LogP) is 4.25. The number of aryl methyl sites for hydroxylation is 2. The average Bonchev–Trinajstić information content (AvgIpc) is 3.54. The van der Waals surface area contributed by atoms with Gasteiger partial charge in [-0.3, -0.25) is 19.5 Å². The minimum Gasteiger partial charge on any atom is -0.354 e. The van der Waals surface area contributed by atoms with Crippen LogP contribution in [-0.4, -0.2) is 38.3 Å². The molecule has 1 atom stereocenters. The number of benzene rings is 2. The fraction of sp³-hybridized carbons (Fsp3) is 0.345. The molecule has 0 radical (unpaired) electrons. The molecule has 190 valence electrons. The number of fused-ring (bicyclic) bond motifs is 2. The van der Waals surface area contributed by atoms with Crippen molar-refractivity contribution in [3.8, 4) is 0 Å². The highest BCUT2D eigenvalue weighted by atomic mass is 16.2. The van der Waals surface area contributed by atoms with E-state index in [0.29, 0.717) is 23.7 Å². The topological polar surface area (TPSA) is 93.0 Å². The van der Waals surface area contributed by atoms with E-state index in [0.717, 1.165) is 36.7 Å². The minimum absolute atomic E-state index is 0.0480. The van der Waals surface area contributed by atoms with Crippen molar-refractivity contribution >= 4 is 28.5 Å². The highest BCUT2D eigenvalue weighted by Crippen LogP contribution is 2.32. The van der Waals surface area contributed by atoms with Gasteiger partial charge in [0.2, 0.25) is 11.8 Å². The maximum Gasteiger partial charge on any atom is 0.249 e. The van der Waals surface area contributed by atoms with Crippen molar-refractivity contribution in [2.45, 2.75) is 52.1 Å². The highest BCUT2D eigenvalue weighted by Gasteiger charge is 2.34. The number of carbonyl (C=O) groups is 2. The number of aromatic nitrogens is 4. The molecule has 0 aliphatic heterocycles. The Morgan fingerprint density at radius 3 is 2.70 bits per heavy atom. The molecule has 1 N–H and O–H groups in total. The van der Waals surface area contributed by atoms with Crippen LogP contribution >= 0.6 is 0 Å². The first-order chi connectivity index (χ1) is 18.0. The van der Waals surface area contributed by atoms with E-state index < -0.39 is 6.04 Å². The van der Waals surface area contributed by atoms with Crippen LogP contribution in [0.25, 0.3) is 11.0 Å². The molecule has 2 amide bonds. The predicted molar refractivity (Wildman–Crippen MR) is 143 cm³/mol. The summed E-state index contributed by atoms with van der Waals surface area (Å²) in [5, 5.41) is 11.5. The first-order valence-electron chi connectivity index (χ1n) is 12.9. The first-order valence-corrected chi connectivity index (χ1v) is 12.9. The highest BCUT2D eigenvalue weighted by molar-refractivity contribution is 6.01. The van der Waals surface area contributed by atoms with Crippen LogP contribution in [-0.2, 0) is 29.0 Å². The lowest BCUT2D eigenvalue weighted by molar-refractivity contribution is -0.127. The lowest BCUT2D eigenvalue weighted by atomic mass is 10.0. The second kappa shape index (κ2) is 10.9. The second-order valence-corrected chi connectivity index (χ2v) is 9.97. The molecule has 2 aromatic carbocycles. The van der Waals surface area contributed by atoms with Gasteiger partial charge in [-0.1, -0.05) is 43.3 Å². The molecule has 2 aromatic heterocycles. The fourth-order valence-electron chi connectivity index (χ4n) is 4.92. The third-order valence-electron chi connectivity index (χ3n) is 6.86. The van der Waals surface area contributed by atoms with Gasteiger partial charge in [0.25, 0.3) is 0 Å². The number of hydrogen-bond donors (Lipinski definition) is 1. The number of para-hydroxylation sites is 1. The Kier molecular flexibility index (Phi) is 7.25. The van der Waals surface area contributed by atoms with Gasteiger partial charge in [0.05, 0.1) is 5.52 Å². The van der Waals surface area contributed by atoms with Crippen LogP contribution in [0.3, 0.4) is 0 Å². The van der Waals surface area contributed by atoms with E-state index in [2.05, 4.69) is 46.6 Å². The smallest absolute Gasteiger partial charge is 0.249 e. The summed E-state index contributed by atoms with van der Waals surface area (Å²) in [5.74, 6) is -0.0282. The molecule has 1 aliphatic rings. The molecule has 8 nitrogen and oxygen atoms in total. The molecule has 0 saturated heterocycles. The zero-order valence-corrected chi connectivity index (χ0v) is 21.3. The number of nitrogens with zero attached hydrogens (tertiary/aromatic N) is 5. The summed E-state index contributed by atoms with van der Waals surface area (Å²) in [6.07, 6.45) is 7.28. The first kappa shape index (κ1) is 24.6. The number of nitrogens with one attached hydrogen (secondary N) is 1. The molecule has 37 heavy (non-hydrogen) atoms. The van der Waals surface area contributed by atoms with E-state index in [9.17, 15) is 9.59 Å². The van der Waals surface area contributed by atoms with E-state index in [1.54, 1.807) is 28.0 Å². The summed E-state index contributed by atoms with van der Waals surface area (Å²) < 4.78 is 1.59. The normalized spacial score (nSPS) is 13.5. The fourth-order valence-corrected chi connectivity index (χ4v) is 4.92. The summed E-state index contributed by atoms with van der Waals surface area (Å²) in [7, 11) is 0. The zero-order chi connectivity index (χ0) is 25.8. The van der Waals surface area contributed by atoms with Crippen LogP contribution in [0.15, 0.2) is 67.0 Å². The average molecular weight is 497 g/mol. The monoisotopic (exact) mass is 496 g/mol. The van der Waals surface area contributed by atoms with Gasteiger partial charge in [-0.05, 0) is 73.1 Å². The number of carbonyl (C=O) groups excluding carboxylic acids is 2. The van der Waals surface area contributed by atoms with Gasteiger partial charge in [0, 0.05) is 30.2 Å². The number of rotatable bonds is 9. The summed E-state index contributed by atoms with van der Waals surface area (Å²) in [6.45, 7) is 4.72. The van der Waals surface area contributed by atoms with Crippen molar-refractivity contribution < 1.29 is 9.59 Å². The van der Waals surface area contributed by atoms with Crippen LogP contribution < -0.4 is 10.2 Å². The Hall–Kier alpha value is -4.07. The van der Waals surface area contributed by atoms with E-state index in [1.165, 1.54) is 11.1 Å². The lowest BCUT2D eigenvalue weighted by Crippen LogP contribution is -2.45. The van der Waals surface area contributed by atoms with E-state index in [-0.39, 0.29) is 18.4 Å². The van der Waals surface area contributed by atoms with Gasteiger partial charge in [0.1, 0.15) is 18.1 Å². The van der Waals surface area contributed by atoms with Crippen LogP contribution in [0.4, 0.5) is 5.69 Å². The number of anilines is 1. The van der Waals surface area contributed by atoms with Gasteiger partial charge in [-0.15, -0.1) is 5.10 Å². The Balaban J connectivity index is 1.55. The third kappa shape index (κ3) is 5.38. The van der Waals surface area contributed by atoms with Crippen molar-refractivity contribution in [2.75, 3.05) is 11.4 Å². The molecule has 1 aliphatic carbocycles. The van der Waals surface area contributed by atoms with Crippen molar-refractivity contribution in [3.63, 3.8) is 0 Å². The molecule has 4 aromatic rings. The Labute approximate surface area is 216 Å². The Bertz CT molecular complexity index is 1400. The van der Waals surface area contributed by atoms with Gasteiger partial charge < -0.3 is 5.32 Å². The van der Waals surface area contributed by atoms with Crippen LogP contribution in [0.2, 0.25) is 0 Å². The van der Waals surface area contributed by atoms with E-state index in [1.807, 2.05) is 36.4 Å². The zero-order valence-electron chi connectivity index (χ0n) is 21.3. The molecule has 0 bridgehead atoms. The maximum absolute atomic E-state index is 14.1. The van der Waals surface area contributed by atoms with Gasteiger partial charge in [0.15, 0.2) is 0 Å². The van der Waals surface area contributed by atoms with Crippen molar-refractivity contribution in [3.05, 3.63) is 83.7 Å². The largest absolute Gasteiger partial charge is 0.354 e. The maximum atomic E-state index is 14.1. The van der Waals surface area contributed by atoms with Gasteiger partial charge >= 0.3 is 0 Å². The minimum atomic E-state index is -0.873. The van der Waals surface area contributed by atoms with Gasteiger partial charge in [-0.2, -0.15) is 0 Å². The summed E-state index contributed by atoms with van der Waals surface area (Å²) in [4.78, 5) is 33.7. The SMILES string of the molecule is CC(C)CCNC(=O)[C@H](c1cccnc1)N(C(=O)Cn1nnc2ccccc21)c1ccc2c(c1)CCC2. The molecule has 2 heterocycles. The second-order valence-electron chi connectivity index (χ2n) is 9.97. The van der Waals surface area contributed by atoms with Gasteiger partial charge in [-0.25, -0.2) is 4.68 Å². The Morgan fingerprint density at radius 1 is 1.05 bits per heavy atom. The van der Waals surface area contributed by atoms with Crippen LogP contribution in [0.1, 0.15) is 49.4 Å². The molecule has 5 rings (SSSR count). The van der Waals surface area contributed by atoms with Crippen LogP contribution in [0.5, 0.6) is 0 Å². The van der Waals surface area contributed by atoms with Crippen molar-refractivity contribution in [1.82, 2.24) is 25.3 Å². The third-order valence-corrected chi connectivity index (χ3v) is 6.86. The van der Waals surface area contributed by atoms with E-state index >= 15 is 0 Å². The number of pyridine rings is 1. The standard InChI is InChI=1S/C29H32N6O2/c1-20(2)14-16-31-29(37)28(23-9-6-15-30-18-23)35(24-13-12-21-7-5-8-22(21)17-24)27(36)19-34-26-11-4-3-10-25(26)32-33-34/h3-4,6,9-13,15,17-18,20,28H,5,7-8,14,16,19H2,1-2H3,(H,31,37)/t28-/m0/s1. The van der Waals surface area contributed by atoms with Crippen molar-refractivity contribution in [1.29, 1.82) is 0 Å². The van der Waals surface area contributed by atoms with Crippen LogP contribution in [0, 0.1) is 5.92 Å². The molecule has 0 saturated carbocycles. The number of hydrogen-bond acceptors (Lipinski definition) is 5. The molecular formula is C29H32N6O2. The molecule has 8 heteroatoms. The van der Waals surface area contributed by atoms with Crippen molar-refractivity contribution in [2.24, 2.45) is 5.92 Å². The quantitative estimate of drug-likeness (QED) is 0.374. The summed E-state index contributed by atoms with van der Waals surface area (Å²) in [5.41, 5.74) is 5.37. The lowest BCUT2D eigenvalue weighted by Gasteiger charge is -2.32. The molecule has 0 fully saturated rings. The molecular weight excluding hydrogens is 464 g/mol. The summed E-state index contributed by atoms with van der Waals surface area (Å²) >= 11 is 0. The Morgan fingerprint density at radius 2 is 1.89 bits per heavy atom. The summed E-state index contributed by atoms with van der Waals surface area (Å²) in [6, 6.07) is 16.4.